The van der Waals surface area contributed by atoms with Crippen LogP contribution in [0.3, 0.4) is 0 Å². The van der Waals surface area contributed by atoms with Crippen LogP contribution in [-0.4, -0.2) is 23.4 Å². The van der Waals surface area contributed by atoms with Gasteiger partial charge in [-0.25, -0.2) is 4.39 Å². The summed E-state index contributed by atoms with van der Waals surface area (Å²) in [6.07, 6.45) is 0. The molecule has 0 aromatic heterocycles. The first-order valence-corrected chi connectivity index (χ1v) is 4.68. The van der Waals surface area contributed by atoms with Gasteiger partial charge in [0.25, 0.3) is 0 Å². The molecule has 5 heteroatoms. The first-order chi connectivity index (χ1) is 7.41. The molecule has 0 amide bonds. The highest BCUT2D eigenvalue weighted by Gasteiger charge is 2.11. The van der Waals surface area contributed by atoms with E-state index in [0.29, 0.717) is 11.3 Å². The molecule has 0 radical (unpaired) electrons. The first-order valence-electron chi connectivity index (χ1n) is 4.68. The number of benzene rings is 1. The molecule has 0 bridgehead atoms. The van der Waals surface area contributed by atoms with Crippen molar-refractivity contribution in [1.82, 2.24) is 0 Å². The van der Waals surface area contributed by atoms with Gasteiger partial charge in [-0.05, 0) is 31.5 Å². The molecule has 1 aromatic carbocycles. The zero-order valence-corrected chi connectivity index (χ0v) is 9.00. The maximum absolute atomic E-state index is 13.2. The highest BCUT2D eigenvalue weighted by atomic mass is 19.1. The van der Waals surface area contributed by atoms with Crippen molar-refractivity contribution < 1.29 is 19.1 Å². The predicted octanol–water partition coefficient (Wildman–Crippen LogP) is 1.83. The van der Waals surface area contributed by atoms with E-state index in [0.717, 1.165) is 6.07 Å². The molecule has 86 valence electrons. The molecular weight excluding hydrogens is 213 g/mol. The van der Waals surface area contributed by atoms with Crippen LogP contribution < -0.4 is 5.32 Å². The summed E-state index contributed by atoms with van der Waals surface area (Å²) in [5, 5.41) is 11.1. The summed E-state index contributed by atoms with van der Waals surface area (Å²) in [4.78, 5) is 21.6. The maximum atomic E-state index is 13.2. The van der Waals surface area contributed by atoms with Crippen LogP contribution in [0.5, 0.6) is 0 Å². The number of aryl methyl sites for hydroxylation is 1. The number of aliphatic carboxylic acids is 1. The lowest BCUT2D eigenvalue weighted by Gasteiger charge is -2.10. The minimum Gasteiger partial charge on any atom is -0.480 e. The molecule has 16 heavy (non-hydrogen) atoms. The van der Waals surface area contributed by atoms with Crippen molar-refractivity contribution in [2.45, 2.75) is 13.8 Å². The Balaban J connectivity index is 3.09. The van der Waals surface area contributed by atoms with Crippen LogP contribution in [0.1, 0.15) is 22.8 Å². The number of carbonyl (C=O) groups excluding carboxylic acids is 1. The fraction of sp³-hybridized carbons (Fsp3) is 0.273. The minimum absolute atomic E-state index is 0.157. The number of carbonyl (C=O) groups is 2. The third-order valence-electron chi connectivity index (χ3n) is 2.11. The zero-order chi connectivity index (χ0) is 12.3. The average Bonchev–Trinajstić information content (AvgIpc) is 2.18. The number of carboxylic acids is 1. The summed E-state index contributed by atoms with van der Waals surface area (Å²) in [6.45, 7) is 2.53. The molecule has 4 nitrogen and oxygen atoms in total. The molecular formula is C11H12FNO3. The van der Waals surface area contributed by atoms with Gasteiger partial charge in [0, 0.05) is 11.3 Å². The Hall–Kier alpha value is -1.91. The van der Waals surface area contributed by atoms with E-state index < -0.39 is 11.8 Å². The molecule has 1 aromatic rings. The van der Waals surface area contributed by atoms with E-state index in [1.54, 1.807) is 6.92 Å². The lowest BCUT2D eigenvalue weighted by atomic mass is 10.1. The zero-order valence-electron chi connectivity index (χ0n) is 9.00. The molecule has 0 aliphatic rings. The third kappa shape index (κ3) is 2.79. The number of hydrogen-bond acceptors (Lipinski definition) is 3. The normalized spacial score (nSPS) is 9.94. The van der Waals surface area contributed by atoms with Crippen molar-refractivity contribution in [3.8, 4) is 0 Å². The largest absolute Gasteiger partial charge is 0.480 e. The molecule has 2 N–H and O–H groups in total. The number of nitrogens with one attached hydrogen (secondary N) is 1. The number of halogens is 1. The molecule has 0 heterocycles. The summed E-state index contributed by atoms with van der Waals surface area (Å²) >= 11 is 0. The highest BCUT2D eigenvalue weighted by Crippen LogP contribution is 2.20. The molecule has 0 spiro atoms. The number of carboxylic acid groups (broad SMARTS) is 1. The molecule has 0 unspecified atom stereocenters. The lowest BCUT2D eigenvalue weighted by molar-refractivity contribution is -0.134. The van der Waals surface area contributed by atoms with Crippen LogP contribution in [-0.2, 0) is 4.79 Å². The van der Waals surface area contributed by atoms with E-state index >= 15 is 0 Å². The van der Waals surface area contributed by atoms with Gasteiger partial charge in [0.15, 0.2) is 5.78 Å². The van der Waals surface area contributed by atoms with Crippen molar-refractivity contribution in [2.75, 3.05) is 11.9 Å². The number of Topliss-reactive ketones (excluding diaryl/α,β-unsaturated/α-hetero) is 1. The van der Waals surface area contributed by atoms with E-state index in [1.807, 2.05) is 0 Å². The van der Waals surface area contributed by atoms with Crippen molar-refractivity contribution in [3.63, 3.8) is 0 Å². The van der Waals surface area contributed by atoms with Gasteiger partial charge in [0.2, 0.25) is 0 Å². The fourth-order valence-electron chi connectivity index (χ4n) is 1.29. The van der Waals surface area contributed by atoms with E-state index in [2.05, 4.69) is 5.32 Å². The Morgan fingerprint density at radius 3 is 2.56 bits per heavy atom. The summed E-state index contributed by atoms with van der Waals surface area (Å²) in [5.74, 6) is -1.84. The van der Waals surface area contributed by atoms with Gasteiger partial charge >= 0.3 is 5.97 Å². The standard InChI is InChI=1S/C11H12FNO3/c1-6-3-10(13-5-11(15)16)8(7(2)14)4-9(6)12/h3-4,13H,5H2,1-2H3,(H,15,16). The Morgan fingerprint density at radius 2 is 2.06 bits per heavy atom. The summed E-state index contributed by atoms with van der Waals surface area (Å²) in [5.41, 5.74) is 0.857. The number of anilines is 1. The van der Waals surface area contributed by atoms with Crippen molar-refractivity contribution in [2.24, 2.45) is 0 Å². The van der Waals surface area contributed by atoms with Crippen LogP contribution >= 0.6 is 0 Å². The van der Waals surface area contributed by atoms with E-state index in [1.165, 1.54) is 13.0 Å². The third-order valence-corrected chi connectivity index (χ3v) is 2.11. The predicted molar refractivity (Wildman–Crippen MR) is 57.3 cm³/mol. The van der Waals surface area contributed by atoms with Gasteiger partial charge in [-0.2, -0.15) is 0 Å². The first kappa shape index (κ1) is 12.2. The van der Waals surface area contributed by atoms with Crippen LogP contribution in [0.15, 0.2) is 12.1 Å². The molecule has 0 fully saturated rings. The summed E-state index contributed by atoms with van der Waals surface area (Å²) < 4.78 is 13.2. The van der Waals surface area contributed by atoms with Crippen molar-refractivity contribution >= 4 is 17.4 Å². The molecule has 0 saturated heterocycles. The van der Waals surface area contributed by atoms with Crippen LogP contribution in [0.25, 0.3) is 0 Å². The average molecular weight is 225 g/mol. The van der Waals surface area contributed by atoms with Gasteiger partial charge in [-0.3, -0.25) is 9.59 Å². The van der Waals surface area contributed by atoms with Crippen molar-refractivity contribution in [1.29, 1.82) is 0 Å². The van der Waals surface area contributed by atoms with Gasteiger partial charge in [-0.1, -0.05) is 0 Å². The molecule has 0 saturated carbocycles. The van der Waals surface area contributed by atoms with Crippen LogP contribution in [0.2, 0.25) is 0 Å². The van der Waals surface area contributed by atoms with Crippen LogP contribution in [0, 0.1) is 12.7 Å². The molecule has 0 aliphatic carbocycles. The Morgan fingerprint density at radius 1 is 1.44 bits per heavy atom. The summed E-state index contributed by atoms with van der Waals surface area (Å²) in [6, 6.07) is 2.54. The molecule has 0 aliphatic heterocycles. The van der Waals surface area contributed by atoms with Crippen LogP contribution in [0.4, 0.5) is 10.1 Å². The van der Waals surface area contributed by atoms with Gasteiger partial charge in [0.05, 0.1) is 0 Å². The number of ketones is 1. The monoisotopic (exact) mass is 225 g/mol. The number of rotatable bonds is 4. The fourth-order valence-corrected chi connectivity index (χ4v) is 1.29. The molecule has 0 atom stereocenters. The Kier molecular flexibility index (Phi) is 3.60. The van der Waals surface area contributed by atoms with E-state index in [-0.39, 0.29) is 17.9 Å². The SMILES string of the molecule is CC(=O)c1cc(F)c(C)cc1NCC(=O)O. The van der Waals surface area contributed by atoms with E-state index in [4.69, 9.17) is 5.11 Å². The van der Waals surface area contributed by atoms with Gasteiger partial charge in [-0.15, -0.1) is 0 Å². The lowest BCUT2D eigenvalue weighted by Crippen LogP contribution is -2.14. The van der Waals surface area contributed by atoms with Gasteiger partial charge < -0.3 is 10.4 Å². The Bertz CT molecular complexity index is 443. The van der Waals surface area contributed by atoms with Gasteiger partial charge in [0.1, 0.15) is 12.4 Å². The van der Waals surface area contributed by atoms with E-state index in [9.17, 15) is 14.0 Å². The second-order valence-corrected chi connectivity index (χ2v) is 3.45. The Labute approximate surface area is 92.1 Å². The highest BCUT2D eigenvalue weighted by molar-refractivity contribution is 6.00. The second-order valence-electron chi connectivity index (χ2n) is 3.45. The minimum atomic E-state index is -1.04. The van der Waals surface area contributed by atoms with Crippen molar-refractivity contribution in [3.05, 3.63) is 29.1 Å². The quantitative estimate of drug-likeness (QED) is 0.767. The maximum Gasteiger partial charge on any atom is 0.322 e. The molecule has 1 rings (SSSR count). The summed E-state index contributed by atoms with van der Waals surface area (Å²) in [7, 11) is 0. The topological polar surface area (TPSA) is 66.4 Å². The smallest absolute Gasteiger partial charge is 0.322 e. The number of hydrogen-bond donors (Lipinski definition) is 2. The second kappa shape index (κ2) is 4.74.